The second kappa shape index (κ2) is 6.53. The van der Waals surface area contributed by atoms with E-state index in [-0.39, 0.29) is 18.4 Å². The van der Waals surface area contributed by atoms with E-state index in [9.17, 15) is 9.59 Å². The average Bonchev–Trinajstić information content (AvgIpc) is 2.43. The molecule has 6 N–H and O–H groups in total. The highest BCUT2D eigenvalue weighted by Crippen LogP contribution is 2.18. The molecular formula is C14H23N5O2. The zero-order chi connectivity index (χ0) is 16.2. The molecule has 116 valence electrons. The second-order valence-corrected chi connectivity index (χ2v) is 5.90. The Morgan fingerprint density at radius 3 is 2.43 bits per heavy atom. The molecule has 1 aromatic rings. The summed E-state index contributed by atoms with van der Waals surface area (Å²) in [7, 11) is 0. The summed E-state index contributed by atoms with van der Waals surface area (Å²) < 4.78 is 0. The number of carbonyl (C=O) groups is 2. The van der Waals surface area contributed by atoms with Crippen LogP contribution in [0.15, 0.2) is 12.1 Å². The van der Waals surface area contributed by atoms with E-state index in [0.29, 0.717) is 11.4 Å². The van der Waals surface area contributed by atoms with Crippen molar-refractivity contribution in [1.29, 1.82) is 0 Å². The molecule has 2 amide bonds. The lowest BCUT2D eigenvalue weighted by Crippen LogP contribution is -2.42. The lowest BCUT2D eigenvalue weighted by molar-refractivity contribution is -0.125. The molecule has 0 saturated heterocycles. The first-order valence-corrected chi connectivity index (χ1v) is 6.74. The monoisotopic (exact) mass is 293 g/mol. The molecule has 7 heteroatoms. The number of carbonyl (C=O) groups excluding carboxylic acids is 2. The summed E-state index contributed by atoms with van der Waals surface area (Å²) in [5.41, 5.74) is 8.10. The van der Waals surface area contributed by atoms with Crippen LogP contribution in [0, 0.1) is 5.41 Å². The molecular weight excluding hydrogens is 270 g/mol. The van der Waals surface area contributed by atoms with Crippen LogP contribution in [-0.4, -0.2) is 23.3 Å². The highest BCUT2D eigenvalue weighted by molar-refractivity contribution is 5.95. The van der Waals surface area contributed by atoms with Gasteiger partial charge in [-0.2, -0.15) is 0 Å². The van der Waals surface area contributed by atoms with Gasteiger partial charge in [-0.15, -0.1) is 0 Å². The first-order chi connectivity index (χ1) is 9.67. The quantitative estimate of drug-likeness (QED) is 0.455. The molecule has 0 aromatic carbocycles. The Hall–Kier alpha value is -2.15. The van der Waals surface area contributed by atoms with Crippen molar-refractivity contribution < 1.29 is 9.59 Å². The van der Waals surface area contributed by atoms with Gasteiger partial charge in [-0.05, 0) is 31.9 Å². The minimum Gasteiger partial charge on any atom is -0.369 e. The molecule has 1 heterocycles. The van der Waals surface area contributed by atoms with Gasteiger partial charge in [-0.3, -0.25) is 9.59 Å². The van der Waals surface area contributed by atoms with Crippen LogP contribution in [0.3, 0.4) is 0 Å². The zero-order valence-corrected chi connectivity index (χ0v) is 12.9. The standard InChI is InChI=1S/C14H23N5O2/c1-8(2)10-5-9(6-11(18-10)19-16)12(20)17-7-14(3,4)13(15)21/h5-6,8H,7,16H2,1-4H3,(H2,15,21)(H,17,20)(H,18,19). The van der Waals surface area contributed by atoms with Crippen LogP contribution in [0.1, 0.15) is 49.7 Å². The predicted molar refractivity (Wildman–Crippen MR) is 81.4 cm³/mol. The van der Waals surface area contributed by atoms with Crippen LogP contribution in [0.25, 0.3) is 0 Å². The molecule has 0 atom stereocenters. The number of nitrogens with zero attached hydrogens (tertiary/aromatic N) is 1. The molecule has 1 aromatic heterocycles. The number of aromatic nitrogens is 1. The van der Waals surface area contributed by atoms with E-state index in [2.05, 4.69) is 15.7 Å². The molecule has 0 fully saturated rings. The summed E-state index contributed by atoms with van der Waals surface area (Å²) in [6.45, 7) is 7.45. The number of hydrazine groups is 1. The van der Waals surface area contributed by atoms with E-state index in [4.69, 9.17) is 11.6 Å². The predicted octanol–water partition coefficient (Wildman–Crippen LogP) is 0.732. The molecule has 0 unspecified atom stereocenters. The largest absolute Gasteiger partial charge is 0.369 e. The van der Waals surface area contributed by atoms with E-state index in [1.807, 2.05) is 13.8 Å². The number of nitrogens with one attached hydrogen (secondary N) is 2. The zero-order valence-electron chi connectivity index (χ0n) is 12.9. The molecule has 0 spiro atoms. The van der Waals surface area contributed by atoms with Crippen LogP contribution < -0.4 is 22.3 Å². The van der Waals surface area contributed by atoms with Crippen LogP contribution in [0.4, 0.5) is 5.82 Å². The summed E-state index contributed by atoms with van der Waals surface area (Å²) in [4.78, 5) is 27.7. The molecule has 0 aliphatic heterocycles. The van der Waals surface area contributed by atoms with Crippen LogP contribution in [-0.2, 0) is 4.79 Å². The van der Waals surface area contributed by atoms with Crippen molar-refractivity contribution >= 4 is 17.6 Å². The minimum atomic E-state index is -0.807. The van der Waals surface area contributed by atoms with Gasteiger partial charge >= 0.3 is 0 Å². The van der Waals surface area contributed by atoms with E-state index >= 15 is 0 Å². The molecule has 0 bridgehead atoms. The van der Waals surface area contributed by atoms with E-state index in [1.165, 1.54) is 0 Å². The number of anilines is 1. The fourth-order valence-corrected chi connectivity index (χ4v) is 1.54. The number of amides is 2. The number of rotatable bonds is 6. The first-order valence-electron chi connectivity index (χ1n) is 6.74. The van der Waals surface area contributed by atoms with Crippen LogP contribution in [0.5, 0.6) is 0 Å². The average molecular weight is 293 g/mol. The summed E-state index contributed by atoms with van der Waals surface area (Å²) in [5.74, 6) is 5.17. The van der Waals surface area contributed by atoms with Gasteiger partial charge in [0.15, 0.2) is 0 Å². The fourth-order valence-electron chi connectivity index (χ4n) is 1.54. The van der Waals surface area contributed by atoms with Crippen molar-refractivity contribution in [2.45, 2.75) is 33.6 Å². The Bertz CT molecular complexity index is 540. The number of hydrogen-bond donors (Lipinski definition) is 4. The minimum absolute atomic E-state index is 0.159. The van der Waals surface area contributed by atoms with Crippen molar-refractivity contribution in [3.63, 3.8) is 0 Å². The van der Waals surface area contributed by atoms with Crippen LogP contribution in [0.2, 0.25) is 0 Å². The molecule has 7 nitrogen and oxygen atoms in total. The van der Waals surface area contributed by atoms with E-state index in [0.717, 1.165) is 5.69 Å². The molecule has 21 heavy (non-hydrogen) atoms. The normalized spacial score (nSPS) is 11.3. The topological polar surface area (TPSA) is 123 Å². The maximum Gasteiger partial charge on any atom is 0.251 e. The fraction of sp³-hybridized carbons (Fsp3) is 0.500. The third kappa shape index (κ3) is 4.42. The van der Waals surface area contributed by atoms with Gasteiger partial charge in [0.05, 0.1) is 5.41 Å². The number of nitrogens with two attached hydrogens (primary N) is 2. The van der Waals surface area contributed by atoms with Crippen LogP contribution >= 0.6 is 0 Å². The van der Waals surface area contributed by atoms with E-state index < -0.39 is 11.3 Å². The third-order valence-electron chi connectivity index (χ3n) is 3.20. The highest BCUT2D eigenvalue weighted by Gasteiger charge is 2.25. The van der Waals surface area contributed by atoms with Gasteiger partial charge in [0.2, 0.25) is 5.91 Å². The number of nitrogen functional groups attached to an aromatic ring is 1. The lowest BCUT2D eigenvalue weighted by atomic mass is 9.92. The lowest BCUT2D eigenvalue weighted by Gasteiger charge is -2.21. The van der Waals surface area contributed by atoms with E-state index in [1.54, 1.807) is 26.0 Å². The molecule has 0 aliphatic rings. The number of hydrogen-bond acceptors (Lipinski definition) is 5. The van der Waals surface area contributed by atoms with Gasteiger partial charge in [0.25, 0.3) is 5.91 Å². The van der Waals surface area contributed by atoms with Crippen molar-refractivity contribution in [3.8, 4) is 0 Å². The molecule has 0 radical (unpaired) electrons. The molecule has 0 aliphatic carbocycles. The number of pyridine rings is 1. The number of primary amides is 1. The van der Waals surface area contributed by atoms with Crippen molar-refractivity contribution in [2.75, 3.05) is 12.0 Å². The Morgan fingerprint density at radius 2 is 1.95 bits per heavy atom. The molecule has 1 rings (SSSR count). The van der Waals surface area contributed by atoms with Gasteiger partial charge < -0.3 is 16.5 Å². The van der Waals surface area contributed by atoms with Gasteiger partial charge in [-0.1, -0.05) is 13.8 Å². The van der Waals surface area contributed by atoms with Gasteiger partial charge in [0, 0.05) is 17.8 Å². The maximum absolute atomic E-state index is 12.2. The van der Waals surface area contributed by atoms with Gasteiger partial charge in [-0.25, -0.2) is 10.8 Å². The summed E-state index contributed by atoms with van der Waals surface area (Å²) in [6, 6.07) is 3.26. The maximum atomic E-state index is 12.2. The Balaban J connectivity index is 2.92. The first kappa shape index (κ1) is 16.9. The molecule has 0 saturated carbocycles. The Kier molecular flexibility index (Phi) is 5.26. The Morgan fingerprint density at radius 1 is 1.33 bits per heavy atom. The smallest absolute Gasteiger partial charge is 0.251 e. The summed E-state index contributed by atoms with van der Waals surface area (Å²) in [5, 5.41) is 2.70. The highest BCUT2D eigenvalue weighted by atomic mass is 16.2. The summed E-state index contributed by atoms with van der Waals surface area (Å²) >= 11 is 0. The summed E-state index contributed by atoms with van der Waals surface area (Å²) in [6.07, 6.45) is 0. The van der Waals surface area contributed by atoms with Gasteiger partial charge in [0.1, 0.15) is 5.82 Å². The SMILES string of the molecule is CC(C)c1cc(C(=O)NCC(C)(C)C(N)=O)cc(NN)n1. The van der Waals surface area contributed by atoms with Crippen molar-refractivity contribution in [1.82, 2.24) is 10.3 Å². The Labute approximate surface area is 124 Å². The van der Waals surface area contributed by atoms with Crippen molar-refractivity contribution in [2.24, 2.45) is 17.0 Å². The third-order valence-corrected chi connectivity index (χ3v) is 3.20. The van der Waals surface area contributed by atoms with Crippen molar-refractivity contribution in [3.05, 3.63) is 23.4 Å². The second-order valence-electron chi connectivity index (χ2n) is 5.90.